The SMILES string of the molecule is CCn1cc(NC(=O)c2ccc(C)c(NC(=O)Cc3ccccc3Cl)c2)c(C)n1. The van der Waals surface area contributed by atoms with E-state index in [0.717, 1.165) is 23.4 Å². The molecule has 0 bridgehead atoms. The number of carbonyl (C=O) groups is 2. The number of nitrogens with one attached hydrogen (secondary N) is 2. The first-order valence-corrected chi connectivity index (χ1v) is 9.74. The Balaban J connectivity index is 1.73. The molecule has 0 spiro atoms. The first-order valence-electron chi connectivity index (χ1n) is 9.36. The van der Waals surface area contributed by atoms with Crippen LogP contribution in [0.3, 0.4) is 0 Å². The van der Waals surface area contributed by atoms with Crippen LogP contribution < -0.4 is 10.6 Å². The highest BCUT2D eigenvalue weighted by atomic mass is 35.5. The fraction of sp³-hybridized carbons (Fsp3) is 0.227. The van der Waals surface area contributed by atoms with E-state index in [4.69, 9.17) is 11.6 Å². The van der Waals surface area contributed by atoms with Gasteiger partial charge in [0.25, 0.3) is 5.91 Å². The summed E-state index contributed by atoms with van der Waals surface area (Å²) in [6.07, 6.45) is 1.96. The molecular weight excluding hydrogens is 388 g/mol. The zero-order valence-electron chi connectivity index (χ0n) is 16.6. The van der Waals surface area contributed by atoms with Crippen molar-refractivity contribution >= 4 is 34.8 Å². The van der Waals surface area contributed by atoms with E-state index in [1.807, 2.05) is 45.0 Å². The molecule has 0 aliphatic heterocycles. The van der Waals surface area contributed by atoms with Gasteiger partial charge in [-0.25, -0.2) is 0 Å². The third kappa shape index (κ3) is 5.03. The summed E-state index contributed by atoms with van der Waals surface area (Å²) in [6, 6.07) is 12.4. The molecule has 0 fully saturated rings. The fourth-order valence-electron chi connectivity index (χ4n) is 2.90. The third-order valence-corrected chi connectivity index (χ3v) is 4.97. The Morgan fingerprint density at radius 3 is 2.52 bits per heavy atom. The largest absolute Gasteiger partial charge is 0.326 e. The number of rotatable bonds is 6. The van der Waals surface area contributed by atoms with Crippen LogP contribution >= 0.6 is 11.6 Å². The lowest BCUT2D eigenvalue weighted by molar-refractivity contribution is -0.115. The van der Waals surface area contributed by atoms with Crippen molar-refractivity contribution in [2.45, 2.75) is 33.7 Å². The summed E-state index contributed by atoms with van der Waals surface area (Å²) in [5.41, 5.74) is 4.08. The van der Waals surface area contributed by atoms with Crippen molar-refractivity contribution in [3.05, 3.63) is 76.1 Å². The minimum Gasteiger partial charge on any atom is -0.326 e. The molecule has 1 aromatic heterocycles. The number of amides is 2. The monoisotopic (exact) mass is 410 g/mol. The van der Waals surface area contributed by atoms with E-state index in [-0.39, 0.29) is 18.2 Å². The van der Waals surface area contributed by atoms with Gasteiger partial charge >= 0.3 is 0 Å². The lowest BCUT2D eigenvalue weighted by Crippen LogP contribution is -2.17. The van der Waals surface area contributed by atoms with E-state index in [1.165, 1.54) is 0 Å². The fourth-order valence-corrected chi connectivity index (χ4v) is 3.11. The van der Waals surface area contributed by atoms with Crippen LogP contribution in [0.5, 0.6) is 0 Å². The standard InChI is InChI=1S/C22H23ClN4O2/c1-4-27-13-20(15(3)26-27)25-22(29)17-10-9-14(2)19(11-17)24-21(28)12-16-7-5-6-8-18(16)23/h5-11,13H,4,12H2,1-3H3,(H,24,28)(H,25,29). The molecule has 6 nitrogen and oxygen atoms in total. The van der Waals surface area contributed by atoms with Crippen LogP contribution in [-0.2, 0) is 17.8 Å². The molecule has 1 heterocycles. The Kier molecular flexibility index (Phi) is 6.34. The summed E-state index contributed by atoms with van der Waals surface area (Å²) in [5, 5.41) is 10.6. The van der Waals surface area contributed by atoms with Gasteiger partial charge in [0, 0.05) is 29.0 Å². The lowest BCUT2D eigenvalue weighted by atomic mass is 10.1. The molecule has 0 aliphatic carbocycles. The van der Waals surface area contributed by atoms with E-state index >= 15 is 0 Å². The Morgan fingerprint density at radius 2 is 1.83 bits per heavy atom. The minimum atomic E-state index is -0.259. The summed E-state index contributed by atoms with van der Waals surface area (Å²) < 4.78 is 1.76. The van der Waals surface area contributed by atoms with Gasteiger partial charge in [0.1, 0.15) is 0 Å². The number of aryl methyl sites for hydroxylation is 3. The predicted octanol–water partition coefficient (Wildman–Crippen LogP) is 4.61. The van der Waals surface area contributed by atoms with Gasteiger partial charge in [0.2, 0.25) is 5.91 Å². The van der Waals surface area contributed by atoms with E-state index < -0.39 is 0 Å². The molecule has 2 N–H and O–H groups in total. The number of carbonyl (C=O) groups excluding carboxylic acids is 2. The van der Waals surface area contributed by atoms with Gasteiger partial charge in [-0.3, -0.25) is 14.3 Å². The first-order chi connectivity index (χ1) is 13.9. The molecule has 0 unspecified atom stereocenters. The van der Waals surface area contributed by atoms with Crippen molar-refractivity contribution in [2.24, 2.45) is 0 Å². The molecule has 3 aromatic rings. The molecule has 2 aromatic carbocycles. The number of halogens is 1. The van der Waals surface area contributed by atoms with Crippen LogP contribution in [0.2, 0.25) is 5.02 Å². The van der Waals surface area contributed by atoms with E-state index in [1.54, 1.807) is 29.1 Å². The number of aromatic nitrogens is 2. The van der Waals surface area contributed by atoms with E-state index in [9.17, 15) is 9.59 Å². The van der Waals surface area contributed by atoms with Crippen molar-refractivity contribution < 1.29 is 9.59 Å². The lowest BCUT2D eigenvalue weighted by Gasteiger charge is -2.11. The first kappa shape index (κ1) is 20.6. The van der Waals surface area contributed by atoms with Gasteiger partial charge in [-0.05, 0) is 50.1 Å². The number of anilines is 2. The number of benzene rings is 2. The summed E-state index contributed by atoms with van der Waals surface area (Å²) in [4.78, 5) is 25.1. The maximum Gasteiger partial charge on any atom is 0.255 e. The van der Waals surface area contributed by atoms with Crippen LogP contribution in [-0.4, -0.2) is 21.6 Å². The van der Waals surface area contributed by atoms with Crippen LogP contribution in [0.1, 0.15) is 34.1 Å². The summed E-state index contributed by atoms with van der Waals surface area (Å²) in [6.45, 7) is 6.43. The number of hydrogen-bond donors (Lipinski definition) is 2. The normalized spacial score (nSPS) is 10.6. The summed E-state index contributed by atoms with van der Waals surface area (Å²) in [5.74, 6) is -0.454. The molecule has 0 saturated heterocycles. The summed E-state index contributed by atoms with van der Waals surface area (Å²) in [7, 11) is 0. The minimum absolute atomic E-state index is 0.158. The molecule has 3 rings (SSSR count). The van der Waals surface area contributed by atoms with Crippen molar-refractivity contribution in [1.29, 1.82) is 0 Å². The van der Waals surface area contributed by atoms with Gasteiger partial charge < -0.3 is 10.6 Å². The van der Waals surface area contributed by atoms with Gasteiger partial charge in [0.05, 0.1) is 17.8 Å². The van der Waals surface area contributed by atoms with Gasteiger partial charge in [-0.1, -0.05) is 35.9 Å². The van der Waals surface area contributed by atoms with Crippen molar-refractivity contribution in [1.82, 2.24) is 9.78 Å². The van der Waals surface area contributed by atoms with E-state index in [2.05, 4.69) is 15.7 Å². The van der Waals surface area contributed by atoms with E-state index in [0.29, 0.717) is 22.0 Å². The second kappa shape index (κ2) is 8.92. The molecule has 7 heteroatoms. The smallest absolute Gasteiger partial charge is 0.255 e. The molecule has 29 heavy (non-hydrogen) atoms. The topological polar surface area (TPSA) is 76.0 Å². The molecular formula is C22H23ClN4O2. The third-order valence-electron chi connectivity index (χ3n) is 4.60. The zero-order valence-corrected chi connectivity index (χ0v) is 17.4. The Morgan fingerprint density at radius 1 is 1.07 bits per heavy atom. The Bertz CT molecular complexity index is 1060. The number of nitrogens with zero attached hydrogens (tertiary/aromatic N) is 2. The highest BCUT2D eigenvalue weighted by Gasteiger charge is 2.14. The zero-order chi connectivity index (χ0) is 21.0. The van der Waals surface area contributed by atoms with Crippen molar-refractivity contribution in [2.75, 3.05) is 10.6 Å². The van der Waals surface area contributed by atoms with Crippen LogP contribution in [0.15, 0.2) is 48.7 Å². The second-order valence-corrected chi connectivity index (χ2v) is 7.19. The van der Waals surface area contributed by atoms with Crippen LogP contribution in [0.4, 0.5) is 11.4 Å². The van der Waals surface area contributed by atoms with Crippen molar-refractivity contribution in [3.8, 4) is 0 Å². The molecule has 0 saturated carbocycles. The molecule has 2 amide bonds. The highest BCUT2D eigenvalue weighted by Crippen LogP contribution is 2.21. The predicted molar refractivity (Wildman–Crippen MR) is 116 cm³/mol. The average Bonchev–Trinajstić information content (AvgIpc) is 3.05. The molecule has 0 aliphatic rings. The van der Waals surface area contributed by atoms with Crippen molar-refractivity contribution in [3.63, 3.8) is 0 Å². The Hall–Kier alpha value is -3.12. The van der Waals surface area contributed by atoms with Crippen LogP contribution in [0.25, 0.3) is 0 Å². The maximum atomic E-state index is 12.7. The number of hydrogen-bond acceptors (Lipinski definition) is 3. The molecule has 0 radical (unpaired) electrons. The van der Waals surface area contributed by atoms with Crippen LogP contribution in [0, 0.1) is 13.8 Å². The van der Waals surface area contributed by atoms with Gasteiger partial charge in [-0.2, -0.15) is 5.10 Å². The summed E-state index contributed by atoms with van der Waals surface area (Å²) >= 11 is 6.13. The maximum absolute atomic E-state index is 12.7. The molecule has 150 valence electrons. The average molecular weight is 411 g/mol. The Labute approximate surface area is 174 Å². The van der Waals surface area contributed by atoms with Gasteiger partial charge in [-0.15, -0.1) is 0 Å². The molecule has 0 atom stereocenters. The highest BCUT2D eigenvalue weighted by molar-refractivity contribution is 6.31. The quantitative estimate of drug-likeness (QED) is 0.623. The van der Waals surface area contributed by atoms with Gasteiger partial charge in [0.15, 0.2) is 0 Å². The second-order valence-electron chi connectivity index (χ2n) is 6.78.